The molecule has 1 unspecified atom stereocenters. The quantitative estimate of drug-likeness (QED) is 0.376. The van der Waals surface area contributed by atoms with Crippen LogP contribution in [0.5, 0.6) is 0 Å². The molecule has 0 saturated carbocycles. The molecular weight excluding hydrogens is 118 g/mol. The van der Waals surface area contributed by atoms with Crippen molar-refractivity contribution < 1.29 is 4.84 Å². The number of hydrogen-bond acceptors (Lipinski definition) is 4. The van der Waals surface area contributed by atoms with Crippen molar-refractivity contribution in [1.82, 2.24) is 10.5 Å². The van der Waals surface area contributed by atoms with Crippen LogP contribution in [0.1, 0.15) is 6.42 Å². The second-order valence-electron chi connectivity index (χ2n) is 2.30. The average Bonchev–Trinajstić information content (AvgIpc) is 2.17. The van der Waals surface area contributed by atoms with E-state index in [-0.39, 0.29) is 0 Å². The highest BCUT2D eigenvalue weighted by molar-refractivity contribution is 4.74. The van der Waals surface area contributed by atoms with E-state index in [2.05, 4.69) is 5.48 Å². The van der Waals surface area contributed by atoms with Gasteiger partial charge >= 0.3 is 0 Å². The minimum absolute atomic E-state index is 0.417. The lowest BCUT2D eigenvalue weighted by molar-refractivity contribution is 0.0630. The first-order chi connectivity index (χ1) is 4.33. The van der Waals surface area contributed by atoms with E-state index in [1.807, 2.05) is 0 Å². The van der Waals surface area contributed by atoms with Crippen LogP contribution in [-0.2, 0) is 4.84 Å². The first-order valence-electron chi connectivity index (χ1n) is 3.11. The summed E-state index contributed by atoms with van der Waals surface area (Å²) in [6.45, 7) is 1.84. The molecule has 9 heavy (non-hydrogen) atoms. The Bertz CT molecular complexity index is 86.3. The Morgan fingerprint density at radius 1 is 1.78 bits per heavy atom. The highest BCUT2D eigenvalue weighted by atomic mass is 16.6. The van der Waals surface area contributed by atoms with Crippen molar-refractivity contribution in [3.8, 4) is 0 Å². The second-order valence-corrected chi connectivity index (χ2v) is 2.30. The van der Waals surface area contributed by atoms with Crippen molar-refractivity contribution in [2.75, 3.05) is 20.2 Å². The Morgan fingerprint density at radius 2 is 2.56 bits per heavy atom. The van der Waals surface area contributed by atoms with Crippen LogP contribution in [0, 0.1) is 0 Å². The van der Waals surface area contributed by atoms with Gasteiger partial charge in [-0.3, -0.25) is 5.84 Å². The second kappa shape index (κ2) is 3.12. The molecule has 1 aliphatic heterocycles. The molecule has 1 rings (SSSR count). The van der Waals surface area contributed by atoms with Crippen molar-refractivity contribution in [2.45, 2.75) is 12.5 Å². The van der Waals surface area contributed by atoms with Gasteiger partial charge in [-0.15, -0.1) is 0 Å². The predicted octanol–water partition coefficient (Wildman–Crippen LogP) is -0.915. The molecule has 0 bridgehead atoms. The first-order valence-corrected chi connectivity index (χ1v) is 3.11. The number of hydrazine groups is 1. The minimum atomic E-state index is 0.417. The van der Waals surface area contributed by atoms with E-state index in [0.717, 1.165) is 19.5 Å². The molecule has 4 nitrogen and oxygen atoms in total. The molecule has 0 aromatic carbocycles. The highest BCUT2D eigenvalue weighted by Crippen LogP contribution is 2.02. The SMILES string of the molecule is CONC1CCN(N)C1. The molecule has 0 amide bonds. The normalized spacial score (nSPS) is 29.3. The number of hydrogen-bond donors (Lipinski definition) is 2. The molecule has 3 N–H and O–H groups in total. The lowest BCUT2D eigenvalue weighted by Gasteiger charge is -2.09. The fraction of sp³-hybridized carbons (Fsp3) is 1.00. The Balaban J connectivity index is 2.14. The van der Waals surface area contributed by atoms with Gasteiger partial charge in [-0.1, -0.05) is 0 Å². The topological polar surface area (TPSA) is 50.5 Å². The predicted molar refractivity (Wildman–Crippen MR) is 34.3 cm³/mol. The number of nitrogens with zero attached hydrogens (tertiary/aromatic N) is 1. The Kier molecular flexibility index (Phi) is 2.41. The zero-order chi connectivity index (χ0) is 6.69. The molecule has 4 heteroatoms. The third-order valence-corrected chi connectivity index (χ3v) is 1.50. The fourth-order valence-electron chi connectivity index (χ4n) is 1.05. The van der Waals surface area contributed by atoms with Crippen LogP contribution in [0.15, 0.2) is 0 Å². The van der Waals surface area contributed by atoms with Crippen molar-refractivity contribution in [1.29, 1.82) is 0 Å². The van der Waals surface area contributed by atoms with Crippen molar-refractivity contribution in [2.24, 2.45) is 5.84 Å². The zero-order valence-electron chi connectivity index (χ0n) is 5.63. The number of rotatable bonds is 2. The Hall–Kier alpha value is -0.160. The van der Waals surface area contributed by atoms with Crippen LogP contribution in [0.4, 0.5) is 0 Å². The lowest BCUT2D eigenvalue weighted by Crippen LogP contribution is -2.34. The monoisotopic (exact) mass is 131 g/mol. The van der Waals surface area contributed by atoms with E-state index in [0.29, 0.717) is 6.04 Å². The zero-order valence-corrected chi connectivity index (χ0v) is 5.63. The van der Waals surface area contributed by atoms with E-state index in [1.54, 1.807) is 12.1 Å². The third-order valence-electron chi connectivity index (χ3n) is 1.50. The van der Waals surface area contributed by atoms with Gasteiger partial charge < -0.3 is 4.84 Å². The van der Waals surface area contributed by atoms with E-state index in [4.69, 9.17) is 10.7 Å². The summed E-state index contributed by atoms with van der Waals surface area (Å²) in [5.74, 6) is 5.49. The molecule has 1 atom stereocenters. The van der Waals surface area contributed by atoms with Gasteiger partial charge in [-0.2, -0.15) is 5.48 Å². The summed E-state index contributed by atoms with van der Waals surface area (Å²) >= 11 is 0. The Labute approximate surface area is 54.9 Å². The van der Waals surface area contributed by atoms with Crippen LogP contribution in [0.25, 0.3) is 0 Å². The molecular formula is C5H13N3O. The van der Waals surface area contributed by atoms with Gasteiger partial charge in [0.2, 0.25) is 0 Å². The largest absolute Gasteiger partial charge is 0.305 e. The smallest absolute Gasteiger partial charge is 0.0572 e. The Morgan fingerprint density at radius 3 is 3.00 bits per heavy atom. The number of hydroxylamine groups is 1. The van der Waals surface area contributed by atoms with Gasteiger partial charge in [-0.05, 0) is 6.42 Å². The first kappa shape index (κ1) is 6.95. The molecule has 1 aliphatic rings. The average molecular weight is 131 g/mol. The van der Waals surface area contributed by atoms with Gasteiger partial charge in [0.15, 0.2) is 0 Å². The molecule has 1 heterocycles. The van der Waals surface area contributed by atoms with E-state index < -0.39 is 0 Å². The van der Waals surface area contributed by atoms with Gasteiger partial charge in [-0.25, -0.2) is 5.01 Å². The standard InChI is InChI=1S/C5H13N3O/c1-9-7-5-2-3-8(6)4-5/h5,7H,2-4,6H2,1H3. The van der Waals surface area contributed by atoms with Crippen LogP contribution in [0.2, 0.25) is 0 Å². The van der Waals surface area contributed by atoms with E-state index >= 15 is 0 Å². The summed E-state index contributed by atoms with van der Waals surface area (Å²) < 4.78 is 0. The molecule has 0 aromatic rings. The third kappa shape index (κ3) is 1.91. The molecule has 1 fully saturated rings. The van der Waals surface area contributed by atoms with Crippen molar-refractivity contribution in [3.63, 3.8) is 0 Å². The van der Waals surface area contributed by atoms with Crippen LogP contribution < -0.4 is 11.3 Å². The summed E-state index contributed by atoms with van der Waals surface area (Å²) in [6, 6.07) is 0.417. The van der Waals surface area contributed by atoms with Gasteiger partial charge in [0.25, 0.3) is 0 Å². The van der Waals surface area contributed by atoms with Crippen LogP contribution >= 0.6 is 0 Å². The molecule has 0 radical (unpaired) electrons. The molecule has 1 saturated heterocycles. The molecule has 0 aliphatic carbocycles. The summed E-state index contributed by atoms with van der Waals surface area (Å²) in [7, 11) is 1.62. The molecule has 0 spiro atoms. The summed E-state index contributed by atoms with van der Waals surface area (Å²) in [6.07, 6.45) is 1.07. The van der Waals surface area contributed by atoms with Crippen molar-refractivity contribution >= 4 is 0 Å². The highest BCUT2D eigenvalue weighted by Gasteiger charge is 2.18. The van der Waals surface area contributed by atoms with Crippen LogP contribution in [-0.4, -0.2) is 31.3 Å². The number of nitrogens with one attached hydrogen (secondary N) is 1. The van der Waals surface area contributed by atoms with E-state index in [9.17, 15) is 0 Å². The maximum atomic E-state index is 5.49. The maximum Gasteiger partial charge on any atom is 0.0572 e. The van der Waals surface area contributed by atoms with Crippen LogP contribution in [0.3, 0.4) is 0 Å². The summed E-state index contributed by atoms with van der Waals surface area (Å²) in [5.41, 5.74) is 2.85. The molecule has 54 valence electrons. The maximum absolute atomic E-state index is 5.49. The van der Waals surface area contributed by atoms with E-state index in [1.165, 1.54) is 0 Å². The van der Waals surface area contributed by atoms with Gasteiger partial charge in [0.05, 0.1) is 7.11 Å². The molecule has 0 aromatic heterocycles. The lowest BCUT2D eigenvalue weighted by atomic mass is 10.3. The van der Waals surface area contributed by atoms with Gasteiger partial charge in [0, 0.05) is 19.1 Å². The number of nitrogens with two attached hydrogens (primary N) is 1. The summed E-state index contributed by atoms with van der Waals surface area (Å²) in [5, 5.41) is 1.79. The van der Waals surface area contributed by atoms with Gasteiger partial charge in [0.1, 0.15) is 0 Å². The van der Waals surface area contributed by atoms with Crippen molar-refractivity contribution in [3.05, 3.63) is 0 Å². The summed E-state index contributed by atoms with van der Waals surface area (Å²) in [4.78, 5) is 4.74. The minimum Gasteiger partial charge on any atom is -0.305 e. The fourth-order valence-corrected chi connectivity index (χ4v) is 1.05.